The smallest absolute Gasteiger partial charge is 0.142 e. The lowest BCUT2D eigenvalue weighted by Crippen LogP contribution is -2.25. The molecule has 0 saturated carbocycles. The molecule has 1 aromatic carbocycles. The maximum atomic E-state index is 13.5. The minimum atomic E-state index is -0.533. The molecule has 0 radical (unpaired) electrons. The number of nitrogens with zero attached hydrogens (tertiary/aromatic N) is 1. The minimum absolute atomic E-state index is 0.00297. The third-order valence-electron chi connectivity index (χ3n) is 3.32. The van der Waals surface area contributed by atoms with Crippen LogP contribution in [0.4, 0.5) is 4.39 Å². The van der Waals surface area contributed by atoms with E-state index in [9.17, 15) is 9.50 Å². The fourth-order valence-electron chi connectivity index (χ4n) is 2.39. The molecule has 104 valence electrons. The van der Waals surface area contributed by atoms with E-state index in [1.807, 2.05) is 4.90 Å². The second-order valence-corrected chi connectivity index (χ2v) is 5.46. The highest BCUT2D eigenvalue weighted by Crippen LogP contribution is 2.39. The number of hydrogen-bond donors (Lipinski definition) is 2. The first kappa shape index (κ1) is 14.5. The molecule has 1 heterocycles. The highest BCUT2D eigenvalue weighted by molar-refractivity contribution is 7.80. The Morgan fingerprint density at radius 1 is 1.47 bits per heavy atom. The number of rotatable bonds is 4. The molecule has 1 aliphatic heterocycles. The van der Waals surface area contributed by atoms with Crippen LogP contribution in [0.3, 0.4) is 0 Å². The van der Waals surface area contributed by atoms with Crippen LogP contribution in [0.15, 0.2) is 12.1 Å². The average molecular weight is 304 g/mol. The van der Waals surface area contributed by atoms with Crippen LogP contribution in [0.5, 0.6) is 5.75 Å². The van der Waals surface area contributed by atoms with E-state index in [4.69, 9.17) is 28.9 Å². The van der Waals surface area contributed by atoms with Gasteiger partial charge in [0.15, 0.2) is 0 Å². The number of aliphatic hydroxyl groups excluding tert-OH is 1. The largest absolute Gasteiger partial charge is 0.508 e. The second-order valence-electron chi connectivity index (χ2n) is 4.61. The third-order valence-corrected chi connectivity index (χ3v) is 4.13. The van der Waals surface area contributed by atoms with Crippen LogP contribution in [0.1, 0.15) is 24.3 Å². The highest BCUT2D eigenvalue weighted by Gasteiger charge is 2.31. The number of benzene rings is 1. The van der Waals surface area contributed by atoms with Gasteiger partial charge in [0.2, 0.25) is 0 Å². The fraction of sp³-hybridized carbons (Fsp3) is 0.462. The SMILES string of the molecule is OCCCN1C[C@@H](c2c(O)ccc(F)c2Cl)CC1=S. The van der Waals surface area contributed by atoms with Crippen LogP contribution in [-0.2, 0) is 0 Å². The summed E-state index contributed by atoms with van der Waals surface area (Å²) in [5.74, 6) is -0.633. The molecule has 19 heavy (non-hydrogen) atoms. The standard InChI is InChI=1S/C13H15ClFNO2S/c14-13-9(15)2-3-10(18)12(13)8-6-11(19)16(7-8)4-1-5-17/h2-3,8,17-18H,1,4-7H2/t8-/m0/s1. The van der Waals surface area contributed by atoms with Gasteiger partial charge in [-0.1, -0.05) is 23.8 Å². The Bertz CT molecular complexity index is 498. The van der Waals surface area contributed by atoms with Crippen molar-refractivity contribution in [2.45, 2.75) is 18.8 Å². The lowest BCUT2D eigenvalue weighted by molar-refractivity contribution is 0.269. The van der Waals surface area contributed by atoms with Crippen LogP contribution in [0.25, 0.3) is 0 Å². The molecule has 3 nitrogen and oxygen atoms in total. The zero-order valence-electron chi connectivity index (χ0n) is 10.3. The van der Waals surface area contributed by atoms with Crippen LogP contribution >= 0.6 is 23.8 Å². The molecule has 2 N–H and O–H groups in total. The van der Waals surface area contributed by atoms with Crippen molar-refractivity contribution in [3.05, 3.63) is 28.5 Å². The van der Waals surface area contributed by atoms with Crippen molar-refractivity contribution in [1.82, 2.24) is 4.90 Å². The van der Waals surface area contributed by atoms with Crippen LogP contribution in [0.2, 0.25) is 5.02 Å². The Kier molecular flexibility index (Phi) is 4.60. The molecule has 0 aliphatic carbocycles. The van der Waals surface area contributed by atoms with Gasteiger partial charge in [0.1, 0.15) is 11.6 Å². The van der Waals surface area contributed by atoms with E-state index in [2.05, 4.69) is 0 Å². The van der Waals surface area contributed by atoms with Crippen LogP contribution in [0, 0.1) is 5.82 Å². The molecule has 1 fully saturated rings. The maximum Gasteiger partial charge on any atom is 0.142 e. The third kappa shape index (κ3) is 2.99. The zero-order valence-corrected chi connectivity index (χ0v) is 11.8. The van der Waals surface area contributed by atoms with Gasteiger partial charge < -0.3 is 15.1 Å². The van der Waals surface area contributed by atoms with Gasteiger partial charge in [-0.2, -0.15) is 0 Å². The lowest BCUT2D eigenvalue weighted by atomic mass is 9.97. The van der Waals surface area contributed by atoms with Crippen molar-refractivity contribution in [3.63, 3.8) is 0 Å². The summed E-state index contributed by atoms with van der Waals surface area (Å²) in [6, 6.07) is 2.47. The molecule has 6 heteroatoms. The predicted molar refractivity (Wildman–Crippen MR) is 76.3 cm³/mol. The summed E-state index contributed by atoms with van der Waals surface area (Å²) >= 11 is 11.2. The van der Waals surface area contributed by atoms with Crippen LogP contribution < -0.4 is 0 Å². The molecule has 1 saturated heterocycles. The molecular formula is C13H15ClFNO2S. The van der Waals surface area contributed by atoms with E-state index in [-0.39, 0.29) is 23.3 Å². The number of aliphatic hydroxyl groups is 1. The van der Waals surface area contributed by atoms with E-state index < -0.39 is 5.82 Å². The predicted octanol–water partition coefficient (Wildman–Crippen LogP) is 2.68. The number of halogens is 2. The molecule has 0 spiro atoms. The summed E-state index contributed by atoms with van der Waals surface area (Å²) in [5.41, 5.74) is 0.426. The van der Waals surface area contributed by atoms with Gasteiger partial charge in [-0.05, 0) is 18.6 Å². The summed E-state index contributed by atoms with van der Waals surface area (Å²) in [6.45, 7) is 1.37. The van der Waals surface area contributed by atoms with Crippen molar-refractivity contribution in [3.8, 4) is 5.75 Å². The van der Waals surface area contributed by atoms with Gasteiger partial charge in [-0.25, -0.2) is 4.39 Å². The van der Waals surface area contributed by atoms with Crippen molar-refractivity contribution in [2.75, 3.05) is 19.7 Å². The molecule has 0 bridgehead atoms. The lowest BCUT2D eigenvalue weighted by Gasteiger charge is -2.18. The van der Waals surface area contributed by atoms with Crippen LogP contribution in [-0.4, -0.2) is 39.8 Å². The highest BCUT2D eigenvalue weighted by atomic mass is 35.5. The number of likely N-dealkylation sites (tertiary alicyclic amines) is 1. The Morgan fingerprint density at radius 3 is 2.89 bits per heavy atom. The fourth-order valence-corrected chi connectivity index (χ4v) is 3.07. The summed E-state index contributed by atoms with van der Waals surface area (Å²) in [6.07, 6.45) is 1.20. The van der Waals surface area contributed by atoms with Crippen molar-refractivity contribution in [1.29, 1.82) is 0 Å². The van der Waals surface area contributed by atoms with Gasteiger partial charge in [-0.15, -0.1) is 0 Å². The molecule has 0 amide bonds. The summed E-state index contributed by atoms with van der Waals surface area (Å²) in [7, 11) is 0. The van der Waals surface area contributed by atoms with Crippen molar-refractivity contribution >= 4 is 28.8 Å². The number of hydrogen-bond acceptors (Lipinski definition) is 3. The molecule has 0 aromatic heterocycles. The van der Waals surface area contributed by atoms with E-state index in [1.165, 1.54) is 6.07 Å². The van der Waals surface area contributed by atoms with Gasteiger partial charge >= 0.3 is 0 Å². The molecule has 0 unspecified atom stereocenters. The quantitative estimate of drug-likeness (QED) is 0.840. The molecule has 1 aromatic rings. The Hall–Kier alpha value is -0.910. The Labute approximate surface area is 121 Å². The molecule has 2 rings (SSSR count). The molecule has 1 atom stereocenters. The van der Waals surface area contributed by atoms with E-state index in [0.29, 0.717) is 31.5 Å². The minimum Gasteiger partial charge on any atom is -0.508 e. The van der Waals surface area contributed by atoms with E-state index in [0.717, 1.165) is 11.1 Å². The van der Waals surface area contributed by atoms with E-state index in [1.54, 1.807) is 0 Å². The molecular weight excluding hydrogens is 289 g/mol. The van der Waals surface area contributed by atoms with Crippen molar-refractivity contribution < 1.29 is 14.6 Å². The first-order valence-electron chi connectivity index (χ1n) is 6.10. The summed E-state index contributed by atoms with van der Waals surface area (Å²) in [5, 5.41) is 18.7. The topological polar surface area (TPSA) is 43.7 Å². The zero-order chi connectivity index (χ0) is 14.0. The van der Waals surface area contributed by atoms with Gasteiger partial charge in [0.25, 0.3) is 0 Å². The Balaban J connectivity index is 2.21. The van der Waals surface area contributed by atoms with Crippen molar-refractivity contribution in [2.24, 2.45) is 0 Å². The second kappa shape index (κ2) is 6.03. The maximum absolute atomic E-state index is 13.5. The number of phenolic OH excluding ortho intramolecular Hbond substituents is 1. The first-order chi connectivity index (χ1) is 9.04. The van der Waals surface area contributed by atoms with Gasteiger partial charge in [0.05, 0.1) is 10.0 Å². The monoisotopic (exact) mass is 303 g/mol. The molecule has 1 aliphatic rings. The first-order valence-corrected chi connectivity index (χ1v) is 6.88. The number of phenols is 1. The van der Waals surface area contributed by atoms with Gasteiger partial charge in [-0.3, -0.25) is 0 Å². The normalized spacial score (nSPS) is 19.2. The van der Waals surface area contributed by atoms with Gasteiger partial charge in [0, 0.05) is 37.6 Å². The van der Waals surface area contributed by atoms with E-state index >= 15 is 0 Å². The average Bonchev–Trinajstić information content (AvgIpc) is 2.73. The summed E-state index contributed by atoms with van der Waals surface area (Å²) < 4.78 is 13.5. The number of aromatic hydroxyl groups is 1. The summed E-state index contributed by atoms with van der Waals surface area (Å²) in [4.78, 5) is 2.73. The Morgan fingerprint density at radius 2 is 2.21 bits per heavy atom. The number of thiocarbonyl (C=S) groups is 1.